The van der Waals surface area contributed by atoms with Crippen LogP contribution in [0.4, 0.5) is 0 Å². The van der Waals surface area contributed by atoms with E-state index < -0.39 is 10.1 Å². The molecular formula is C76H143NO3S. The van der Waals surface area contributed by atoms with Gasteiger partial charge in [0.2, 0.25) is 0 Å². The van der Waals surface area contributed by atoms with Gasteiger partial charge < -0.3 is 9.04 Å². The van der Waals surface area contributed by atoms with Crippen LogP contribution in [0.3, 0.4) is 0 Å². The Hall–Kier alpha value is -1.43. The van der Waals surface area contributed by atoms with Crippen LogP contribution in [0.25, 0.3) is 10.8 Å². The molecule has 0 aliphatic heterocycles. The third-order valence-corrected chi connectivity index (χ3v) is 19.4. The molecule has 0 atom stereocenters. The van der Waals surface area contributed by atoms with E-state index in [0.29, 0.717) is 11.8 Å². The zero-order valence-corrected chi connectivity index (χ0v) is 56.7. The Balaban J connectivity index is 0.000000880. The van der Waals surface area contributed by atoms with E-state index in [2.05, 4.69) is 47.6 Å². The Labute approximate surface area is 509 Å². The Kier molecular flexibility index (Phi) is 55.2. The Morgan fingerprint density at radius 2 is 0.543 bits per heavy atom. The first-order valence-electron chi connectivity index (χ1n) is 37.1. The van der Waals surface area contributed by atoms with Crippen LogP contribution in [-0.2, 0) is 23.0 Å². The van der Waals surface area contributed by atoms with Crippen LogP contribution in [0.5, 0.6) is 0 Å². The maximum atomic E-state index is 12.3. The smallest absolute Gasteiger partial charge is 0.125 e. The Morgan fingerprint density at radius 3 is 0.815 bits per heavy atom. The van der Waals surface area contributed by atoms with Crippen molar-refractivity contribution in [2.45, 2.75) is 406 Å². The molecule has 0 saturated carbocycles. The van der Waals surface area contributed by atoms with Crippen molar-refractivity contribution in [3.8, 4) is 0 Å². The third-order valence-electron chi connectivity index (χ3n) is 18.5. The molecule has 0 radical (unpaired) electrons. The monoisotopic (exact) mass is 1150 g/mol. The molecule has 0 saturated heterocycles. The molecule has 476 valence electrons. The molecule has 5 heteroatoms. The number of unbranched alkanes of at least 4 members (excludes halogenated alkanes) is 48. The lowest BCUT2D eigenvalue weighted by Gasteiger charge is -2.40. The van der Waals surface area contributed by atoms with Crippen LogP contribution in [-0.4, -0.2) is 43.6 Å². The molecule has 0 aliphatic rings. The molecule has 0 fully saturated rings. The van der Waals surface area contributed by atoms with Gasteiger partial charge in [-0.25, -0.2) is 8.42 Å². The van der Waals surface area contributed by atoms with E-state index in [4.69, 9.17) is 0 Å². The lowest BCUT2D eigenvalue weighted by atomic mass is 9.93. The maximum absolute atomic E-state index is 12.3. The van der Waals surface area contributed by atoms with Crippen LogP contribution in [0.2, 0.25) is 0 Å². The predicted octanol–water partition coefficient (Wildman–Crippen LogP) is 25.8. The van der Waals surface area contributed by atoms with Gasteiger partial charge in [0.15, 0.2) is 0 Å². The van der Waals surface area contributed by atoms with Gasteiger partial charge in [-0.3, -0.25) is 0 Å². The van der Waals surface area contributed by atoms with Crippen LogP contribution in [0, 0.1) is 0 Å². The van der Waals surface area contributed by atoms with Crippen LogP contribution in [0.1, 0.15) is 399 Å². The molecule has 81 heavy (non-hydrogen) atoms. The minimum Gasteiger partial charge on any atom is -0.744 e. The zero-order chi connectivity index (χ0) is 58.8. The second kappa shape index (κ2) is 57.6. The number of quaternary nitrogens is 1. The molecule has 2 rings (SSSR count). The van der Waals surface area contributed by atoms with E-state index in [1.54, 1.807) is 6.07 Å². The molecule has 0 spiro atoms. The molecule has 0 heterocycles. The molecule has 0 amide bonds. The summed E-state index contributed by atoms with van der Waals surface area (Å²) in [5.41, 5.74) is 1.86. The van der Waals surface area contributed by atoms with E-state index in [1.165, 1.54) is 352 Å². The van der Waals surface area contributed by atoms with Gasteiger partial charge in [0, 0.05) is 0 Å². The van der Waals surface area contributed by atoms with Crippen molar-refractivity contribution >= 4 is 20.9 Å². The van der Waals surface area contributed by atoms with E-state index in [-0.39, 0.29) is 4.90 Å². The van der Waals surface area contributed by atoms with E-state index >= 15 is 0 Å². The average Bonchev–Trinajstić information content (AvgIpc) is 3.49. The summed E-state index contributed by atoms with van der Waals surface area (Å²) in [6, 6.07) is 9.58. The lowest BCUT2D eigenvalue weighted by molar-refractivity contribution is -0.929. The highest BCUT2D eigenvalue weighted by Gasteiger charge is 2.26. The van der Waals surface area contributed by atoms with Gasteiger partial charge >= 0.3 is 0 Å². The highest BCUT2D eigenvalue weighted by atomic mass is 32.2. The van der Waals surface area contributed by atoms with Crippen molar-refractivity contribution in [2.75, 3.05) is 26.2 Å². The number of fused-ring (bicyclic) bond motifs is 1. The second-order valence-electron chi connectivity index (χ2n) is 26.2. The van der Waals surface area contributed by atoms with Gasteiger partial charge in [0.05, 0.1) is 31.1 Å². The van der Waals surface area contributed by atoms with Crippen LogP contribution < -0.4 is 0 Å². The number of benzene rings is 2. The molecule has 0 N–H and O–H groups in total. The Morgan fingerprint density at radius 1 is 0.309 bits per heavy atom. The summed E-state index contributed by atoms with van der Waals surface area (Å²) in [4.78, 5) is 0.0412. The van der Waals surface area contributed by atoms with Crippen molar-refractivity contribution in [1.29, 1.82) is 0 Å². The normalized spacial score (nSPS) is 12.0. The standard InChI is InChI=1S/C48H100N.C28H44O3S/c1-5-9-13-17-21-25-29-33-37-41-45-49(46-42-38-34-30-26-22-18-14-10-6-2,47-43-39-35-31-27-23-19-15-11-7-3)48-44-40-36-32-28-24-20-16-12-8-4;1-3-5-7-9-11-13-15-19-24-23-25-20-17-18-22-27(25)28(32(29,30)31)26(24)21-16-14-12-10-8-6-4-2/h5-48H2,1-4H3;17-18,20,22-23H,3-16,19,21H2,1-2H3,(H,29,30,31)/q+1;/p-1. The Bertz CT molecular complexity index is 1620. The molecule has 4 nitrogen and oxygen atoms in total. The minimum absolute atomic E-state index is 0.0412. The largest absolute Gasteiger partial charge is 0.744 e. The first kappa shape index (κ1) is 77.6. The van der Waals surface area contributed by atoms with Gasteiger partial charge in [0.1, 0.15) is 10.1 Å². The van der Waals surface area contributed by atoms with Crippen molar-refractivity contribution in [1.82, 2.24) is 0 Å². The number of aryl methyl sites for hydroxylation is 1. The third kappa shape index (κ3) is 44.7. The topological polar surface area (TPSA) is 57.2 Å². The first-order chi connectivity index (χ1) is 39.7. The molecule has 0 unspecified atom stereocenters. The second-order valence-corrected chi connectivity index (χ2v) is 27.5. The van der Waals surface area contributed by atoms with Crippen molar-refractivity contribution in [3.63, 3.8) is 0 Å². The number of rotatable bonds is 61. The van der Waals surface area contributed by atoms with Crippen LogP contribution >= 0.6 is 0 Å². The first-order valence-corrected chi connectivity index (χ1v) is 38.5. The molecule has 0 aromatic heterocycles. The van der Waals surface area contributed by atoms with Crippen molar-refractivity contribution < 1.29 is 17.5 Å². The van der Waals surface area contributed by atoms with Gasteiger partial charge in [-0.1, -0.05) is 354 Å². The van der Waals surface area contributed by atoms with Crippen molar-refractivity contribution in [2.24, 2.45) is 0 Å². The van der Waals surface area contributed by atoms with E-state index in [0.717, 1.165) is 48.6 Å². The zero-order valence-electron chi connectivity index (χ0n) is 55.9. The van der Waals surface area contributed by atoms with Gasteiger partial charge in [-0.2, -0.15) is 0 Å². The van der Waals surface area contributed by atoms with E-state index in [1.807, 2.05) is 18.2 Å². The molecule has 2 aromatic rings. The van der Waals surface area contributed by atoms with Gasteiger partial charge in [-0.15, -0.1) is 0 Å². The fourth-order valence-electron chi connectivity index (χ4n) is 13.1. The summed E-state index contributed by atoms with van der Waals surface area (Å²) < 4.78 is 38.5. The summed E-state index contributed by atoms with van der Waals surface area (Å²) >= 11 is 0. The highest BCUT2D eigenvalue weighted by molar-refractivity contribution is 7.86. The molecule has 2 aromatic carbocycles. The number of hydrogen-bond acceptors (Lipinski definition) is 3. The molecular weight excluding hydrogens is 1010 g/mol. The minimum atomic E-state index is -4.53. The maximum Gasteiger partial charge on any atom is 0.125 e. The predicted molar refractivity (Wildman–Crippen MR) is 362 cm³/mol. The quantitative estimate of drug-likeness (QED) is 0.0377. The summed E-state index contributed by atoms with van der Waals surface area (Å²) in [7, 11) is -4.53. The highest BCUT2D eigenvalue weighted by Crippen LogP contribution is 2.33. The van der Waals surface area contributed by atoms with Crippen molar-refractivity contribution in [3.05, 3.63) is 41.5 Å². The van der Waals surface area contributed by atoms with Gasteiger partial charge in [-0.05, 0) is 98.9 Å². The summed E-state index contributed by atoms with van der Waals surface area (Å²) in [5, 5.41) is 1.45. The summed E-state index contributed by atoms with van der Waals surface area (Å²) in [6.07, 6.45) is 77.1. The lowest BCUT2D eigenvalue weighted by Crippen LogP contribution is -2.50. The van der Waals surface area contributed by atoms with E-state index in [9.17, 15) is 13.0 Å². The summed E-state index contributed by atoms with van der Waals surface area (Å²) in [5.74, 6) is 0. The summed E-state index contributed by atoms with van der Waals surface area (Å²) in [6.45, 7) is 19.7. The SMILES string of the molecule is CCCCCCCCCCCC[N+](CCCCCCCCCCCC)(CCCCCCCCCCCC)CCCCCCCCCCCC.CCCCCCCCCc1cc2ccccc2c(S(=O)(=O)[O-])c1CCCCCCCCC. The number of nitrogens with zero attached hydrogens (tertiary/aromatic N) is 1. The fourth-order valence-corrected chi connectivity index (χ4v) is 14.1. The molecule has 0 aliphatic carbocycles. The number of hydrogen-bond donors (Lipinski definition) is 0. The van der Waals surface area contributed by atoms with Gasteiger partial charge in [0.25, 0.3) is 0 Å². The van der Waals surface area contributed by atoms with Crippen LogP contribution in [0.15, 0.2) is 35.2 Å². The molecule has 0 bridgehead atoms. The average molecular weight is 1150 g/mol. The fraction of sp³-hybridized carbons (Fsp3) is 0.868.